The van der Waals surface area contributed by atoms with Crippen molar-refractivity contribution in [1.29, 1.82) is 0 Å². The Labute approximate surface area is 181 Å². The van der Waals surface area contributed by atoms with Crippen molar-refractivity contribution in [1.82, 2.24) is 0 Å². The molecule has 0 aliphatic carbocycles. The molecule has 0 fully saturated rings. The number of benzene rings is 3. The maximum atomic E-state index is 12.2. The van der Waals surface area contributed by atoms with E-state index >= 15 is 0 Å². The third-order valence-electron chi connectivity index (χ3n) is 3.89. The Kier molecular flexibility index (Phi) is 6.28. The summed E-state index contributed by atoms with van der Waals surface area (Å²) in [4.78, 5) is 11.2. The summed E-state index contributed by atoms with van der Waals surface area (Å²) in [5.41, 5.74) is 1.47. The zero-order chi connectivity index (χ0) is 21.2. The smallest absolute Gasteiger partial charge is 0.241 e. The van der Waals surface area contributed by atoms with Crippen molar-refractivity contribution in [2.45, 2.75) is 11.8 Å². The van der Waals surface area contributed by atoms with E-state index in [-0.39, 0.29) is 21.6 Å². The van der Waals surface area contributed by atoms with Crippen molar-refractivity contribution < 1.29 is 17.9 Å². The number of hydrogen-bond donors (Lipinski definition) is 2. The molecule has 3 aromatic carbocycles. The molecule has 0 aliphatic rings. The summed E-state index contributed by atoms with van der Waals surface area (Å²) in [5.74, 6) is 0.262. The van der Waals surface area contributed by atoms with Crippen LogP contribution in [0.2, 0.25) is 5.02 Å². The third kappa shape index (κ3) is 5.16. The lowest BCUT2D eigenvalue weighted by atomic mass is 10.0. The zero-order valence-electron chi connectivity index (χ0n) is 15.1. The zero-order valence-corrected chi connectivity index (χ0v) is 18.3. The topological polar surface area (TPSA) is 98.5 Å². The second kappa shape index (κ2) is 8.54. The van der Waals surface area contributed by atoms with Gasteiger partial charge in [0.15, 0.2) is 0 Å². The van der Waals surface area contributed by atoms with Gasteiger partial charge in [0.05, 0.1) is 10.7 Å². The van der Waals surface area contributed by atoms with E-state index < -0.39 is 10.0 Å². The highest BCUT2D eigenvalue weighted by atomic mass is 79.9. The summed E-state index contributed by atoms with van der Waals surface area (Å²) in [6.07, 6.45) is 0. The molecule has 0 aromatic heterocycles. The van der Waals surface area contributed by atoms with Crippen molar-refractivity contribution in [3.63, 3.8) is 0 Å². The number of rotatable bonds is 5. The minimum atomic E-state index is -4.09. The molecule has 9 heteroatoms. The molecule has 1 amide bonds. The van der Waals surface area contributed by atoms with Crippen LogP contribution in [0.5, 0.6) is 11.5 Å². The highest BCUT2D eigenvalue weighted by molar-refractivity contribution is 9.10. The molecule has 3 N–H and O–H groups in total. The van der Waals surface area contributed by atoms with Gasteiger partial charge in [-0.3, -0.25) is 4.79 Å². The Balaban J connectivity index is 2.09. The van der Waals surface area contributed by atoms with Crippen LogP contribution in [0.1, 0.15) is 6.92 Å². The fourth-order valence-electron chi connectivity index (χ4n) is 2.68. The average Bonchev–Trinajstić information content (AvgIpc) is 2.63. The Hall–Kier alpha value is -2.39. The molecule has 3 aromatic rings. The monoisotopic (exact) mass is 494 g/mol. The van der Waals surface area contributed by atoms with Crippen LogP contribution >= 0.6 is 27.5 Å². The molecule has 6 nitrogen and oxygen atoms in total. The first-order valence-electron chi connectivity index (χ1n) is 8.32. The van der Waals surface area contributed by atoms with Crippen LogP contribution in [0.4, 0.5) is 5.69 Å². The van der Waals surface area contributed by atoms with E-state index in [1.165, 1.54) is 19.1 Å². The van der Waals surface area contributed by atoms with Gasteiger partial charge in [0, 0.05) is 17.0 Å². The first-order valence-corrected chi connectivity index (χ1v) is 11.0. The second-order valence-corrected chi connectivity index (χ2v) is 8.94. The molecule has 0 radical (unpaired) electrons. The maximum Gasteiger partial charge on any atom is 0.241 e. The quantitative estimate of drug-likeness (QED) is 0.510. The summed E-state index contributed by atoms with van der Waals surface area (Å²) in [6.45, 7) is 1.37. The van der Waals surface area contributed by atoms with Gasteiger partial charge in [-0.05, 0) is 42.0 Å². The molecule has 0 aliphatic heterocycles. The van der Waals surface area contributed by atoms with Crippen molar-refractivity contribution in [3.05, 3.63) is 70.2 Å². The molecule has 29 heavy (non-hydrogen) atoms. The number of nitrogens with two attached hydrogens (primary N) is 1. The SMILES string of the molecule is CC(=O)Nc1cccc(-c2ccc(Oc3cccc(Br)c3)c(S(N)(=O)=O)c2)c1Cl. The number of ether oxygens (including phenoxy) is 1. The van der Waals surface area contributed by atoms with Gasteiger partial charge >= 0.3 is 0 Å². The summed E-state index contributed by atoms with van der Waals surface area (Å²) >= 11 is 9.75. The predicted molar refractivity (Wildman–Crippen MR) is 117 cm³/mol. The summed E-state index contributed by atoms with van der Waals surface area (Å²) in [7, 11) is -4.09. The van der Waals surface area contributed by atoms with Crippen LogP contribution in [0.3, 0.4) is 0 Å². The van der Waals surface area contributed by atoms with Gasteiger partial charge in [-0.15, -0.1) is 0 Å². The third-order valence-corrected chi connectivity index (χ3v) is 5.73. The Morgan fingerprint density at radius 3 is 2.48 bits per heavy atom. The number of carbonyl (C=O) groups is 1. The fraction of sp³-hybridized carbons (Fsp3) is 0.0500. The predicted octanol–water partition coefficient (Wildman–Crippen LogP) is 5.17. The molecule has 0 saturated heterocycles. The Bertz CT molecular complexity index is 1200. The average molecular weight is 496 g/mol. The van der Waals surface area contributed by atoms with E-state index in [1.54, 1.807) is 42.5 Å². The van der Waals surface area contributed by atoms with Gasteiger partial charge in [-0.1, -0.05) is 51.8 Å². The largest absolute Gasteiger partial charge is 0.456 e. The molecule has 0 saturated carbocycles. The number of hydrogen-bond acceptors (Lipinski definition) is 4. The number of carbonyl (C=O) groups excluding carboxylic acids is 1. The molecule has 0 spiro atoms. The molecule has 0 bridgehead atoms. The van der Waals surface area contributed by atoms with E-state index in [1.807, 2.05) is 6.07 Å². The maximum absolute atomic E-state index is 12.2. The van der Waals surface area contributed by atoms with Gasteiger partial charge in [-0.25, -0.2) is 13.6 Å². The van der Waals surface area contributed by atoms with E-state index in [0.717, 1.165) is 4.47 Å². The highest BCUT2D eigenvalue weighted by Crippen LogP contribution is 2.38. The Morgan fingerprint density at radius 1 is 1.10 bits per heavy atom. The standard InChI is InChI=1S/C20H16BrClN2O4S/c1-12(25)24-17-7-3-6-16(20(17)22)13-8-9-18(19(10-13)29(23,26)27)28-15-5-2-4-14(21)11-15/h2-11H,1H3,(H,24,25)(H2,23,26,27). The normalized spacial score (nSPS) is 11.2. The van der Waals surface area contributed by atoms with Crippen LogP contribution in [-0.4, -0.2) is 14.3 Å². The molecular weight excluding hydrogens is 480 g/mol. The van der Waals surface area contributed by atoms with Crippen molar-refractivity contribution in [2.75, 3.05) is 5.32 Å². The van der Waals surface area contributed by atoms with Gasteiger partial charge in [-0.2, -0.15) is 0 Å². The minimum Gasteiger partial charge on any atom is -0.456 e. The lowest BCUT2D eigenvalue weighted by Gasteiger charge is -2.14. The van der Waals surface area contributed by atoms with Crippen LogP contribution in [-0.2, 0) is 14.8 Å². The van der Waals surface area contributed by atoms with Crippen LogP contribution in [0.25, 0.3) is 11.1 Å². The summed E-state index contributed by atoms with van der Waals surface area (Å²) in [5, 5.41) is 8.33. The van der Waals surface area contributed by atoms with Crippen LogP contribution < -0.4 is 15.2 Å². The van der Waals surface area contributed by atoms with Crippen LogP contribution in [0, 0.1) is 0 Å². The van der Waals surface area contributed by atoms with Gasteiger partial charge in [0.2, 0.25) is 15.9 Å². The second-order valence-electron chi connectivity index (χ2n) is 6.11. The van der Waals surface area contributed by atoms with E-state index in [0.29, 0.717) is 22.6 Å². The first kappa shape index (κ1) is 21.3. The molecule has 0 heterocycles. The molecule has 0 atom stereocenters. The van der Waals surface area contributed by atoms with E-state index in [4.69, 9.17) is 21.5 Å². The summed E-state index contributed by atoms with van der Waals surface area (Å²) in [6, 6.07) is 16.6. The molecule has 0 unspecified atom stereocenters. The molecule has 150 valence electrons. The van der Waals surface area contributed by atoms with Crippen molar-refractivity contribution in [2.24, 2.45) is 5.14 Å². The van der Waals surface area contributed by atoms with E-state index in [2.05, 4.69) is 21.2 Å². The Morgan fingerprint density at radius 2 is 1.83 bits per heavy atom. The number of amides is 1. The molecular formula is C20H16BrClN2O4S. The lowest BCUT2D eigenvalue weighted by Crippen LogP contribution is -2.13. The number of primary sulfonamides is 1. The number of nitrogens with one attached hydrogen (secondary N) is 1. The lowest BCUT2D eigenvalue weighted by molar-refractivity contribution is -0.114. The number of halogens is 2. The van der Waals surface area contributed by atoms with Crippen LogP contribution in [0.15, 0.2) is 70.0 Å². The first-order chi connectivity index (χ1) is 13.6. The van der Waals surface area contributed by atoms with Gasteiger partial charge in [0.1, 0.15) is 16.4 Å². The van der Waals surface area contributed by atoms with Gasteiger partial charge in [0.25, 0.3) is 0 Å². The van der Waals surface area contributed by atoms with Gasteiger partial charge < -0.3 is 10.1 Å². The number of anilines is 1. The van der Waals surface area contributed by atoms with Crippen molar-refractivity contribution >= 4 is 49.1 Å². The minimum absolute atomic E-state index is 0.0866. The number of sulfonamides is 1. The van der Waals surface area contributed by atoms with E-state index in [9.17, 15) is 13.2 Å². The molecule has 3 rings (SSSR count). The highest BCUT2D eigenvalue weighted by Gasteiger charge is 2.19. The summed E-state index contributed by atoms with van der Waals surface area (Å²) < 4.78 is 30.9. The fourth-order valence-corrected chi connectivity index (χ4v) is 4.02. The van der Waals surface area contributed by atoms with Crippen molar-refractivity contribution in [3.8, 4) is 22.6 Å².